The molecule has 0 aliphatic rings. The van der Waals surface area contributed by atoms with Crippen molar-refractivity contribution in [3.63, 3.8) is 0 Å². The number of hydrogen-bond donors (Lipinski definition) is 1. The summed E-state index contributed by atoms with van der Waals surface area (Å²) in [5, 5.41) is 4.48. The molecule has 1 unspecified atom stereocenters. The lowest BCUT2D eigenvalue weighted by molar-refractivity contribution is 0.731. The smallest absolute Gasteiger partial charge is 0.0947 e. The van der Waals surface area contributed by atoms with Crippen LogP contribution in [-0.2, 0) is 6.42 Å². The van der Waals surface area contributed by atoms with E-state index in [0.29, 0.717) is 0 Å². The lowest BCUT2D eigenvalue weighted by Crippen LogP contribution is -2.11. The van der Waals surface area contributed by atoms with Crippen LogP contribution in [0.5, 0.6) is 0 Å². The standard InChI is InChI=1S/C14H14N2S2/c1-9-8-17-14(16-9)7-11(15)13-6-10-4-2-3-5-12(10)18-13/h2-6,8,11H,7,15H2,1H3. The maximum atomic E-state index is 6.28. The highest BCUT2D eigenvalue weighted by molar-refractivity contribution is 7.19. The molecule has 0 aliphatic carbocycles. The van der Waals surface area contributed by atoms with Crippen LogP contribution in [0.3, 0.4) is 0 Å². The van der Waals surface area contributed by atoms with Gasteiger partial charge in [0.1, 0.15) is 0 Å². The molecule has 0 radical (unpaired) electrons. The van der Waals surface area contributed by atoms with Crippen molar-refractivity contribution in [3.8, 4) is 0 Å². The van der Waals surface area contributed by atoms with Crippen LogP contribution in [0.1, 0.15) is 21.6 Å². The van der Waals surface area contributed by atoms with Crippen molar-refractivity contribution < 1.29 is 0 Å². The van der Waals surface area contributed by atoms with E-state index in [1.54, 1.807) is 22.7 Å². The summed E-state index contributed by atoms with van der Waals surface area (Å²) in [6.45, 7) is 2.02. The van der Waals surface area contributed by atoms with Crippen molar-refractivity contribution in [2.75, 3.05) is 0 Å². The van der Waals surface area contributed by atoms with E-state index in [1.165, 1.54) is 15.0 Å². The molecular weight excluding hydrogens is 260 g/mol. The zero-order valence-corrected chi connectivity index (χ0v) is 11.7. The second kappa shape index (κ2) is 4.80. The van der Waals surface area contributed by atoms with Crippen LogP contribution in [0.15, 0.2) is 35.7 Å². The summed E-state index contributed by atoms with van der Waals surface area (Å²) in [4.78, 5) is 5.71. The highest BCUT2D eigenvalue weighted by Gasteiger charge is 2.12. The minimum Gasteiger partial charge on any atom is -0.323 e. The first-order valence-corrected chi connectivity index (χ1v) is 7.57. The molecule has 2 N–H and O–H groups in total. The Morgan fingerprint density at radius 1 is 1.33 bits per heavy atom. The molecule has 0 bridgehead atoms. The lowest BCUT2D eigenvalue weighted by Gasteiger charge is -2.06. The van der Waals surface area contributed by atoms with Crippen LogP contribution in [0.4, 0.5) is 0 Å². The molecule has 18 heavy (non-hydrogen) atoms. The van der Waals surface area contributed by atoms with E-state index in [2.05, 4.69) is 40.7 Å². The van der Waals surface area contributed by atoms with Gasteiger partial charge in [0.2, 0.25) is 0 Å². The highest BCUT2D eigenvalue weighted by atomic mass is 32.1. The average Bonchev–Trinajstić information content (AvgIpc) is 2.95. The van der Waals surface area contributed by atoms with E-state index in [1.807, 2.05) is 6.92 Å². The largest absolute Gasteiger partial charge is 0.323 e. The number of benzene rings is 1. The summed E-state index contributed by atoms with van der Waals surface area (Å²) in [6, 6.07) is 10.7. The van der Waals surface area contributed by atoms with Gasteiger partial charge >= 0.3 is 0 Å². The van der Waals surface area contributed by atoms with Gasteiger partial charge in [-0.1, -0.05) is 18.2 Å². The van der Waals surface area contributed by atoms with Gasteiger partial charge in [0.05, 0.1) is 5.01 Å². The van der Waals surface area contributed by atoms with Gasteiger partial charge in [-0.3, -0.25) is 0 Å². The van der Waals surface area contributed by atoms with Crippen LogP contribution in [0, 0.1) is 6.92 Å². The van der Waals surface area contributed by atoms with Gasteiger partial charge in [0.15, 0.2) is 0 Å². The Hall–Kier alpha value is -1.23. The van der Waals surface area contributed by atoms with Crippen molar-refractivity contribution in [1.82, 2.24) is 4.98 Å². The lowest BCUT2D eigenvalue weighted by atomic mass is 10.1. The summed E-state index contributed by atoms with van der Waals surface area (Å²) < 4.78 is 1.30. The Kier molecular flexibility index (Phi) is 3.16. The first-order valence-electron chi connectivity index (χ1n) is 5.87. The maximum absolute atomic E-state index is 6.28. The van der Waals surface area contributed by atoms with Crippen molar-refractivity contribution in [3.05, 3.63) is 51.3 Å². The van der Waals surface area contributed by atoms with Crippen LogP contribution in [0.2, 0.25) is 0 Å². The van der Waals surface area contributed by atoms with E-state index in [0.717, 1.165) is 17.1 Å². The minimum atomic E-state index is 0.0490. The molecule has 1 aromatic carbocycles. The number of hydrogen-bond acceptors (Lipinski definition) is 4. The third-order valence-electron chi connectivity index (χ3n) is 2.87. The van der Waals surface area contributed by atoms with E-state index < -0.39 is 0 Å². The molecule has 0 fully saturated rings. The Morgan fingerprint density at radius 3 is 2.89 bits per heavy atom. The van der Waals surface area contributed by atoms with E-state index in [9.17, 15) is 0 Å². The van der Waals surface area contributed by atoms with Crippen molar-refractivity contribution >= 4 is 32.8 Å². The van der Waals surface area contributed by atoms with Gasteiger partial charge in [0.25, 0.3) is 0 Å². The monoisotopic (exact) mass is 274 g/mol. The first-order chi connectivity index (χ1) is 8.72. The zero-order chi connectivity index (χ0) is 12.5. The topological polar surface area (TPSA) is 38.9 Å². The van der Waals surface area contributed by atoms with Gasteiger partial charge in [-0.25, -0.2) is 4.98 Å². The van der Waals surface area contributed by atoms with Gasteiger partial charge in [-0.15, -0.1) is 22.7 Å². The molecule has 3 rings (SSSR count). The van der Waals surface area contributed by atoms with E-state index in [4.69, 9.17) is 5.73 Å². The number of aromatic nitrogens is 1. The van der Waals surface area contributed by atoms with Crippen molar-refractivity contribution in [1.29, 1.82) is 0 Å². The zero-order valence-electron chi connectivity index (χ0n) is 10.1. The summed E-state index contributed by atoms with van der Waals surface area (Å²) in [6.07, 6.45) is 0.825. The number of thiazole rings is 1. The Balaban J connectivity index is 1.85. The Morgan fingerprint density at radius 2 is 2.17 bits per heavy atom. The average molecular weight is 274 g/mol. The molecule has 0 aliphatic heterocycles. The fourth-order valence-corrected chi connectivity index (χ4v) is 3.87. The van der Waals surface area contributed by atoms with Crippen LogP contribution < -0.4 is 5.73 Å². The van der Waals surface area contributed by atoms with Crippen LogP contribution >= 0.6 is 22.7 Å². The van der Waals surface area contributed by atoms with Crippen LogP contribution in [-0.4, -0.2) is 4.98 Å². The summed E-state index contributed by atoms with van der Waals surface area (Å²) in [7, 11) is 0. The quantitative estimate of drug-likeness (QED) is 0.786. The number of thiophene rings is 1. The Labute approximate surface area is 114 Å². The molecule has 2 nitrogen and oxygen atoms in total. The first kappa shape index (κ1) is 11.8. The fraction of sp³-hybridized carbons (Fsp3) is 0.214. The minimum absolute atomic E-state index is 0.0490. The normalized spacial score (nSPS) is 13.0. The molecule has 4 heteroatoms. The number of aryl methyl sites for hydroxylation is 1. The maximum Gasteiger partial charge on any atom is 0.0947 e. The van der Waals surface area contributed by atoms with Gasteiger partial charge in [-0.2, -0.15) is 0 Å². The van der Waals surface area contributed by atoms with Crippen molar-refractivity contribution in [2.45, 2.75) is 19.4 Å². The predicted octanol–water partition coefficient (Wildman–Crippen LogP) is 3.91. The van der Waals surface area contributed by atoms with Crippen molar-refractivity contribution in [2.24, 2.45) is 5.73 Å². The molecule has 0 saturated carbocycles. The summed E-state index contributed by atoms with van der Waals surface area (Å²) >= 11 is 3.48. The van der Waals surface area contributed by atoms with Gasteiger partial charge in [0, 0.05) is 33.1 Å². The summed E-state index contributed by atoms with van der Waals surface area (Å²) in [5.74, 6) is 0. The number of nitrogens with zero attached hydrogens (tertiary/aromatic N) is 1. The molecule has 3 aromatic rings. The highest BCUT2D eigenvalue weighted by Crippen LogP contribution is 2.30. The molecule has 2 heterocycles. The fourth-order valence-electron chi connectivity index (χ4n) is 1.97. The molecule has 0 saturated heterocycles. The second-order valence-corrected chi connectivity index (χ2v) is 6.44. The van der Waals surface area contributed by atoms with Crippen LogP contribution in [0.25, 0.3) is 10.1 Å². The summed E-state index contributed by atoms with van der Waals surface area (Å²) in [5.41, 5.74) is 7.36. The number of nitrogens with two attached hydrogens (primary N) is 1. The molecule has 2 aromatic heterocycles. The number of rotatable bonds is 3. The molecular formula is C14H14N2S2. The predicted molar refractivity (Wildman–Crippen MR) is 79.3 cm³/mol. The second-order valence-electron chi connectivity index (χ2n) is 4.38. The van der Waals surface area contributed by atoms with E-state index >= 15 is 0 Å². The molecule has 0 amide bonds. The Bertz CT molecular complexity index is 636. The number of fused-ring (bicyclic) bond motifs is 1. The van der Waals surface area contributed by atoms with Gasteiger partial charge in [-0.05, 0) is 24.4 Å². The molecule has 92 valence electrons. The third kappa shape index (κ3) is 2.32. The van der Waals surface area contributed by atoms with Gasteiger partial charge < -0.3 is 5.73 Å². The molecule has 0 spiro atoms. The SMILES string of the molecule is Cc1csc(CC(N)c2cc3ccccc3s2)n1. The molecule has 1 atom stereocenters. The third-order valence-corrected chi connectivity index (χ3v) is 5.11. The van der Waals surface area contributed by atoms with E-state index in [-0.39, 0.29) is 6.04 Å².